The minimum absolute atomic E-state index is 0.156. The molecule has 0 aliphatic heterocycles. The fourth-order valence-electron chi connectivity index (χ4n) is 1.32. The van der Waals surface area contributed by atoms with Gasteiger partial charge in [-0.15, -0.1) is 0 Å². The van der Waals surface area contributed by atoms with Crippen molar-refractivity contribution in [2.45, 2.75) is 25.8 Å². The molecule has 0 saturated heterocycles. The molecule has 0 amide bonds. The zero-order chi connectivity index (χ0) is 11.3. The molecule has 1 atom stereocenters. The number of aryl methyl sites for hydroxylation is 1. The Morgan fingerprint density at radius 2 is 2.33 bits per heavy atom. The molecule has 1 heterocycles. The molecule has 0 saturated carbocycles. The second-order valence-electron chi connectivity index (χ2n) is 3.52. The van der Waals surface area contributed by atoms with Crippen LogP contribution in [0.5, 0.6) is 0 Å². The van der Waals surface area contributed by atoms with E-state index in [1.807, 2.05) is 13.0 Å². The molecule has 4 heteroatoms. The molecule has 1 rings (SSSR count). The van der Waals surface area contributed by atoms with Gasteiger partial charge in [-0.2, -0.15) is 0 Å². The number of methoxy groups -OCH3 is 1. The molecule has 0 aliphatic carbocycles. The molecule has 0 spiro atoms. The maximum absolute atomic E-state index is 10.9. The van der Waals surface area contributed by atoms with Crippen LogP contribution in [0, 0.1) is 6.92 Å². The monoisotopic (exact) mass is 208 g/mol. The topological polar surface area (TPSA) is 65.2 Å². The van der Waals surface area contributed by atoms with E-state index >= 15 is 0 Å². The summed E-state index contributed by atoms with van der Waals surface area (Å²) in [7, 11) is 1.38. The molecule has 0 aromatic carbocycles. The van der Waals surface area contributed by atoms with Crippen LogP contribution in [0.15, 0.2) is 18.5 Å². The van der Waals surface area contributed by atoms with Crippen LogP contribution in [0.25, 0.3) is 0 Å². The Bertz CT molecular complexity index is 339. The molecule has 1 aromatic heterocycles. The van der Waals surface area contributed by atoms with E-state index in [2.05, 4.69) is 9.72 Å². The van der Waals surface area contributed by atoms with E-state index in [1.165, 1.54) is 7.11 Å². The smallest absolute Gasteiger partial charge is 0.305 e. The van der Waals surface area contributed by atoms with Gasteiger partial charge in [0, 0.05) is 24.9 Å². The summed E-state index contributed by atoms with van der Waals surface area (Å²) in [5.41, 5.74) is 7.95. The molecule has 0 bridgehead atoms. The van der Waals surface area contributed by atoms with E-state index in [0.717, 1.165) is 11.1 Å². The molecule has 2 N–H and O–H groups in total. The van der Waals surface area contributed by atoms with E-state index in [9.17, 15) is 4.79 Å². The van der Waals surface area contributed by atoms with E-state index in [1.54, 1.807) is 12.4 Å². The quantitative estimate of drug-likeness (QED) is 0.758. The van der Waals surface area contributed by atoms with Crippen molar-refractivity contribution in [1.29, 1.82) is 0 Å². The van der Waals surface area contributed by atoms with Crippen LogP contribution < -0.4 is 5.73 Å². The number of ether oxygens (including phenoxy) is 1. The number of aromatic nitrogens is 1. The molecule has 1 unspecified atom stereocenters. The number of pyridine rings is 1. The number of esters is 1. The van der Waals surface area contributed by atoms with Crippen LogP contribution >= 0.6 is 0 Å². The van der Waals surface area contributed by atoms with Gasteiger partial charge < -0.3 is 10.5 Å². The largest absolute Gasteiger partial charge is 0.469 e. The second-order valence-corrected chi connectivity index (χ2v) is 3.52. The first kappa shape index (κ1) is 11.7. The first-order chi connectivity index (χ1) is 7.13. The molecule has 1 aromatic rings. The van der Waals surface area contributed by atoms with E-state index in [0.29, 0.717) is 12.8 Å². The Kier molecular flexibility index (Phi) is 4.24. The van der Waals surface area contributed by atoms with Crippen molar-refractivity contribution in [1.82, 2.24) is 4.98 Å². The second kappa shape index (κ2) is 5.46. The van der Waals surface area contributed by atoms with Crippen molar-refractivity contribution in [3.05, 3.63) is 29.6 Å². The Morgan fingerprint density at radius 1 is 1.60 bits per heavy atom. The number of nitrogens with two attached hydrogens (primary N) is 1. The van der Waals surface area contributed by atoms with Crippen molar-refractivity contribution in [3.63, 3.8) is 0 Å². The summed E-state index contributed by atoms with van der Waals surface area (Å²) in [6.45, 7) is 1.96. The lowest BCUT2D eigenvalue weighted by Crippen LogP contribution is -2.13. The van der Waals surface area contributed by atoms with Crippen molar-refractivity contribution >= 4 is 5.97 Å². The number of rotatable bonds is 4. The van der Waals surface area contributed by atoms with Crippen LogP contribution in [0.4, 0.5) is 0 Å². The summed E-state index contributed by atoms with van der Waals surface area (Å²) < 4.78 is 4.55. The molecular weight excluding hydrogens is 192 g/mol. The van der Waals surface area contributed by atoms with E-state index in [-0.39, 0.29) is 12.0 Å². The maximum Gasteiger partial charge on any atom is 0.305 e. The van der Waals surface area contributed by atoms with Crippen molar-refractivity contribution in [3.8, 4) is 0 Å². The molecule has 0 fully saturated rings. The zero-order valence-corrected chi connectivity index (χ0v) is 9.06. The van der Waals surface area contributed by atoms with Gasteiger partial charge in [0.05, 0.1) is 7.11 Å². The lowest BCUT2D eigenvalue weighted by molar-refractivity contribution is -0.140. The first-order valence-electron chi connectivity index (χ1n) is 4.87. The predicted molar refractivity (Wildman–Crippen MR) is 57.2 cm³/mol. The summed E-state index contributed by atoms with van der Waals surface area (Å²) in [4.78, 5) is 15.0. The van der Waals surface area contributed by atoms with Crippen LogP contribution in [0.3, 0.4) is 0 Å². The fourth-order valence-corrected chi connectivity index (χ4v) is 1.32. The highest BCUT2D eigenvalue weighted by molar-refractivity contribution is 5.69. The van der Waals surface area contributed by atoms with Crippen molar-refractivity contribution in [2.24, 2.45) is 5.73 Å². The molecular formula is C11H16N2O2. The van der Waals surface area contributed by atoms with Crippen molar-refractivity contribution in [2.75, 3.05) is 7.11 Å². The van der Waals surface area contributed by atoms with E-state index in [4.69, 9.17) is 5.73 Å². The van der Waals surface area contributed by atoms with Crippen LogP contribution in [-0.2, 0) is 9.53 Å². The normalized spacial score (nSPS) is 12.2. The van der Waals surface area contributed by atoms with Crippen molar-refractivity contribution < 1.29 is 9.53 Å². The van der Waals surface area contributed by atoms with Gasteiger partial charge in [0.1, 0.15) is 0 Å². The summed E-state index contributed by atoms with van der Waals surface area (Å²) in [5, 5.41) is 0. The predicted octanol–water partition coefficient (Wildman–Crippen LogP) is 1.34. The lowest BCUT2D eigenvalue weighted by atomic mass is 10.0. The van der Waals surface area contributed by atoms with Gasteiger partial charge in [0.2, 0.25) is 0 Å². The Hall–Kier alpha value is -1.42. The summed E-state index contributed by atoms with van der Waals surface area (Å²) in [6.07, 6.45) is 4.43. The van der Waals surface area contributed by atoms with Crippen LogP contribution in [-0.4, -0.2) is 18.1 Å². The molecule has 0 radical (unpaired) electrons. The number of nitrogens with zero attached hydrogens (tertiary/aromatic N) is 1. The number of carbonyl (C=O) groups is 1. The Labute approximate surface area is 89.5 Å². The lowest BCUT2D eigenvalue weighted by Gasteiger charge is -2.10. The van der Waals surface area contributed by atoms with Gasteiger partial charge in [0.25, 0.3) is 0 Å². The first-order valence-corrected chi connectivity index (χ1v) is 4.87. The van der Waals surface area contributed by atoms with Gasteiger partial charge >= 0.3 is 5.97 Å². The molecule has 82 valence electrons. The fraction of sp³-hybridized carbons (Fsp3) is 0.455. The summed E-state index contributed by atoms with van der Waals surface area (Å²) in [6, 6.07) is 1.83. The minimum Gasteiger partial charge on any atom is -0.469 e. The highest BCUT2D eigenvalue weighted by Gasteiger charge is 2.09. The Balaban J connectivity index is 2.53. The number of hydrogen-bond donors (Lipinski definition) is 1. The van der Waals surface area contributed by atoms with E-state index < -0.39 is 0 Å². The molecule has 0 aliphatic rings. The highest BCUT2D eigenvalue weighted by atomic mass is 16.5. The van der Waals surface area contributed by atoms with Gasteiger partial charge in [-0.05, 0) is 24.5 Å². The highest BCUT2D eigenvalue weighted by Crippen LogP contribution is 2.15. The average Bonchev–Trinajstić information content (AvgIpc) is 2.25. The van der Waals surface area contributed by atoms with Crippen LogP contribution in [0.1, 0.15) is 30.0 Å². The molecule has 4 nitrogen and oxygen atoms in total. The standard InChI is InChI=1S/C11H16N2O2/c1-8-5-9(7-13-6-8)10(12)3-4-11(14)15-2/h5-7,10H,3-4,12H2,1-2H3. The third-order valence-corrected chi connectivity index (χ3v) is 2.21. The molecule has 15 heavy (non-hydrogen) atoms. The number of hydrogen-bond acceptors (Lipinski definition) is 4. The number of carbonyl (C=O) groups excluding carboxylic acids is 1. The van der Waals surface area contributed by atoms with Gasteiger partial charge in [-0.3, -0.25) is 9.78 Å². The summed E-state index contributed by atoms with van der Waals surface area (Å²) in [5.74, 6) is -0.230. The van der Waals surface area contributed by atoms with Gasteiger partial charge in [0.15, 0.2) is 0 Å². The van der Waals surface area contributed by atoms with Gasteiger partial charge in [-0.1, -0.05) is 6.07 Å². The third kappa shape index (κ3) is 3.67. The average molecular weight is 208 g/mol. The Morgan fingerprint density at radius 3 is 2.93 bits per heavy atom. The minimum atomic E-state index is -0.230. The third-order valence-electron chi connectivity index (χ3n) is 2.21. The summed E-state index contributed by atoms with van der Waals surface area (Å²) >= 11 is 0. The zero-order valence-electron chi connectivity index (χ0n) is 9.06. The van der Waals surface area contributed by atoms with Gasteiger partial charge in [-0.25, -0.2) is 0 Å². The SMILES string of the molecule is COC(=O)CCC(N)c1cncc(C)c1. The van der Waals surface area contributed by atoms with Crippen LogP contribution in [0.2, 0.25) is 0 Å². The maximum atomic E-state index is 10.9.